The maximum atomic E-state index is 14.0. The Bertz CT molecular complexity index is 1310. The molecule has 192 valence electrons. The van der Waals surface area contributed by atoms with Crippen LogP contribution < -0.4 is 11.1 Å². The summed E-state index contributed by atoms with van der Waals surface area (Å²) in [5.74, 6) is -0.615. The zero-order valence-electron chi connectivity index (χ0n) is 19.4. The second-order valence-electron chi connectivity index (χ2n) is 9.99. The Balaban J connectivity index is 1.47. The van der Waals surface area contributed by atoms with E-state index in [9.17, 15) is 18.0 Å². The van der Waals surface area contributed by atoms with Gasteiger partial charge < -0.3 is 16.0 Å². The standard InChI is InChI=1S/C25H27BrClN3O4S2/c26-16-7-5-15(6-8-16)24(9-10-24)23(32)30-14-17(36(33,34)20-4-2-1-3-18(20)27)13-19(30)21(31)29-25(11-12-25)22(28)35/h1-8,17,19,22,35H,9-14,28H2,(H,29,31)/t17-,19+,22?/m1/s1. The number of nitrogens with one attached hydrogen (secondary N) is 1. The van der Waals surface area contributed by atoms with Crippen LogP contribution in [0.15, 0.2) is 57.9 Å². The van der Waals surface area contributed by atoms with Crippen molar-refractivity contribution in [2.75, 3.05) is 6.54 Å². The Kier molecular flexibility index (Phi) is 6.73. The normalized spacial score (nSPS) is 24.7. The molecule has 2 saturated carbocycles. The van der Waals surface area contributed by atoms with Crippen molar-refractivity contribution in [3.05, 3.63) is 63.6 Å². The molecule has 3 aliphatic rings. The van der Waals surface area contributed by atoms with Gasteiger partial charge in [-0.2, -0.15) is 12.6 Å². The first-order chi connectivity index (χ1) is 17.0. The number of carbonyl (C=O) groups excluding carboxylic acids is 2. The number of sulfone groups is 1. The number of amides is 2. The third-order valence-corrected chi connectivity index (χ3v) is 11.3. The molecular weight excluding hydrogens is 586 g/mol. The van der Waals surface area contributed by atoms with Crippen molar-refractivity contribution in [3.63, 3.8) is 0 Å². The fourth-order valence-corrected chi connectivity index (χ4v) is 7.91. The molecule has 11 heteroatoms. The van der Waals surface area contributed by atoms with Crippen LogP contribution >= 0.6 is 40.2 Å². The minimum absolute atomic E-state index is 0.00946. The largest absolute Gasteiger partial charge is 0.346 e. The highest BCUT2D eigenvalue weighted by Gasteiger charge is 2.58. The maximum Gasteiger partial charge on any atom is 0.243 e. The molecule has 3 atom stereocenters. The number of likely N-dealkylation sites (tertiary alicyclic amines) is 1. The predicted molar refractivity (Wildman–Crippen MR) is 145 cm³/mol. The molecule has 36 heavy (non-hydrogen) atoms. The van der Waals surface area contributed by atoms with E-state index in [1.54, 1.807) is 12.1 Å². The van der Waals surface area contributed by atoms with Crippen molar-refractivity contribution in [3.8, 4) is 0 Å². The molecule has 2 aliphatic carbocycles. The Morgan fingerprint density at radius 3 is 2.31 bits per heavy atom. The highest BCUT2D eigenvalue weighted by molar-refractivity contribution is 9.10. The number of nitrogens with zero attached hydrogens (tertiary/aromatic N) is 1. The van der Waals surface area contributed by atoms with E-state index in [4.69, 9.17) is 17.3 Å². The molecule has 2 aromatic rings. The Morgan fingerprint density at radius 1 is 1.11 bits per heavy atom. The molecule has 2 aromatic carbocycles. The van der Waals surface area contributed by atoms with Crippen molar-refractivity contribution in [2.45, 2.75) is 64.6 Å². The van der Waals surface area contributed by atoms with Gasteiger partial charge in [-0.05, 0) is 61.9 Å². The zero-order valence-corrected chi connectivity index (χ0v) is 23.4. The average Bonchev–Trinajstić information content (AvgIpc) is 3.76. The second kappa shape index (κ2) is 9.31. The third kappa shape index (κ3) is 4.49. The first-order valence-corrected chi connectivity index (χ1v) is 15.0. The number of carbonyl (C=O) groups is 2. The molecule has 0 radical (unpaired) electrons. The smallest absolute Gasteiger partial charge is 0.243 e. The average molecular weight is 613 g/mol. The topological polar surface area (TPSA) is 110 Å². The summed E-state index contributed by atoms with van der Waals surface area (Å²) < 4.78 is 28.1. The molecule has 1 heterocycles. The van der Waals surface area contributed by atoms with Crippen LogP contribution in [0.1, 0.15) is 37.7 Å². The first kappa shape index (κ1) is 26.0. The third-order valence-electron chi connectivity index (χ3n) is 7.69. The Hall–Kier alpha value is -1.59. The number of halogens is 2. The molecule has 3 fully saturated rings. The van der Waals surface area contributed by atoms with Crippen LogP contribution in [0, 0.1) is 0 Å². The zero-order chi connectivity index (χ0) is 25.9. The van der Waals surface area contributed by atoms with Gasteiger partial charge in [-0.15, -0.1) is 0 Å². The van der Waals surface area contributed by atoms with Gasteiger partial charge in [0, 0.05) is 11.0 Å². The highest BCUT2D eigenvalue weighted by Crippen LogP contribution is 2.51. The number of rotatable bonds is 7. The molecule has 1 aliphatic heterocycles. The van der Waals surface area contributed by atoms with Crippen LogP contribution in [0.2, 0.25) is 5.02 Å². The summed E-state index contributed by atoms with van der Waals surface area (Å²) in [6.45, 7) is -0.0807. The van der Waals surface area contributed by atoms with Gasteiger partial charge in [0.15, 0.2) is 9.84 Å². The van der Waals surface area contributed by atoms with Gasteiger partial charge in [-0.1, -0.05) is 51.8 Å². The minimum Gasteiger partial charge on any atom is -0.346 e. The van der Waals surface area contributed by atoms with Gasteiger partial charge in [0.05, 0.1) is 31.5 Å². The summed E-state index contributed by atoms with van der Waals surface area (Å²) in [7, 11) is -3.89. The Morgan fingerprint density at radius 2 is 1.75 bits per heavy atom. The predicted octanol–water partition coefficient (Wildman–Crippen LogP) is 3.44. The quantitative estimate of drug-likeness (QED) is 0.328. The minimum atomic E-state index is -3.89. The second-order valence-corrected chi connectivity index (χ2v) is 14.1. The number of benzene rings is 2. The lowest BCUT2D eigenvalue weighted by Gasteiger charge is -2.30. The number of thiol groups is 1. The van der Waals surface area contributed by atoms with Crippen LogP contribution in [-0.2, 0) is 24.8 Å². The lowest BCUT2D eigenvalue weighted by Crippen LogP contribution is -2.55. The molecule has 2 amide bonds. The van der Waals surface area contributed by atoms with Crippen LogP contribution in [0.4, 0.5) is 0 Å². The molecule has 1 saturated heterocycles. The van der Waals surface area contributed by atoms with Crippen LogP contribution in [-0.4, -0.2) is 53.9 Å². The summed E-state index contributed by atoms with van der Waals surface area (Å²) in [5, 5.41) is 1.59. The van der Waals surface area contributed by atoms with E-state index in [1.807, 2.05) is 24.3 Å². The van der Waals surface area contributed by atoms with Crippen molar-refractivity contribution in [1.82, 2.24) is 10.2 Å². The molecule has 0 spiro atoms. The van der Waals surface area contributed by atoms with Crippen molar-refractivity contribution < 1.29 is 18.0 Å². The maximum absolute atomic E-state index is 14.0. The van der Waals surface area contributed by atoms with E-state index >= 15 is 0 Å². The SMILES string of the molecule is NC(S)C1(NC(=O)[C@@H]2C[C@@H](S(=O)(=O)c3ccccc3Cl)CN2C(=O)C2(c3ccc(Br)cc3)CC2)CC1. The van der Waals surface area contributed by atoms with Gasteiger partial charge in [0.2, 0.25) is 11.8 Å². The summed E-state index contributed by atoms with van der Waals surface area (Å²) >= 11 is 14.0. The van der Waals surface area contributed by atoms with E-state index in [2.05, 4.69) is 33.9 Å². The van der Waals surface area contributed by atoms with Crippen molar-refractivity contribution >= 4 is 61.8 Å². The van der Waals surface area contributed by atoms with Crippen molar-refractivity contribution in [2.24, 2.45) is 5.73 Å². The molecule has 7 nitrogen and oxygen atoms in total. The monoisotopic (exact) mass is 611 g/mol. The van der Waals surface area contributed by atoms with Gasteiger partial charge in [-0.25, -0.2) is 8.42 Å². The Labute approximate surface area is 229 Å². The van der Waals surface area contributed by atoms with E-state index in [-0.39, 0.29) is 28.8 Å². The van der Waals surface area contributed by atoms with Gasteiger partial charge in [0.25, 0.3) is 0 Å². The molecule has 1 unspecified atom stereocenters. The molecule has 5 rings (SSSR count). The molecule has 0 aromatic heterocycles. The van der Waals surface area contributed by atoms with E-state index in [1.165, 1.54) is 17.0 Å². The molecule has 0 bridgehead atoms. The summed E-state index contributed by atoms with van der Waals surface area (Å²) in [6, 6.07) is 12.9. The number of hydrogen-bond acceptors (Lipinski definition) is 6. The fraction of sp³-hybridized carbons (Fsp3) is 0.440. The molecule has 3 N–H and O–H groups in total. The summed E-state index contributed by atoms with van der Waals surface area (Å²) in [4.78, 5) is 29.0. The summed E-state index contributed by atoms with van der Waals surface area (Å²) in [6.07, 6.45) is 2.65. The van der Waals surface area contributed by atoms with Gasteiger partial charge in [-0.3, -0.25) is 9.59 Å². The summed E-state index contributed by atoms with van der Waals surface area (Å²) in [5.41, 5.74) is 5.47. The lowest BCUT2D eigenvalue weighted by molar-refractivity contribution is -0.140. The first-order valence-electron chi connectivity index (χ1n) is 11.8. The number of hydrogen-bond donors (Lipinski definition) is 3. The highest BCUT2D eigenvalue weighted by atomic mass is 79.9. The van der Waals surface area contributed by atoms with Crippen molar-refractivity contribution in [1.29, 1.82) is 0 Å². The van der Waals surface area contributed by atoms with Gasteiger partial charge >= 0.3 is 0 Å². The van der Waals surface area contributed by atoms with E-state index < -0.39 is 43.4 Å². The molecular formula is C25H27BrClN3O4S2. The van der Waals surface area contributed by atoms with Crippen LogP contribution in [0.3, 0.4) is 0 Å². The van der Waals surface area contributed by atoms with Gasteiger partial charge in [0.1, 0.15) is 6.04 Å². The van der Waals surface area contributed by atoms with E-state index in [0.717, 1.165) is 10.0 Å². The fourth-order valence-electron chi connectivity index (χ4n) is 5.10. The van der Waals surface area contributed by atoms with Crippen LogP contribution in [0.25, 0.3) is 0 Å². The lowest BCUT2D eigenvalue weighted by atomic mass is 9.94. The van der Waals surface area contributed by atoms with Crippen LogP contribution in [0.5, 0.6) is 0 Å². The number of nitrogens with two attached hydrogens (primary N) is 1. The van der Waals surface area contributed by atoms with E-state index in [0.29, 0.717) is 25.7 Å².